The first-order valence-corrected chi connectivity index (χ1v) is 9.87. The van der Waals surface area contributed by atoms with Crippen LogP contribution in [0.5, 0.6) is 0 Å². The summed E-state index contributed by atoms with van der Waals surface area (Å²) in [6, 6.07) is 1.82. The van der Waals surface area contributed by atoms with E-state index in [9.17, 15) is 18.0 Å². The lowest BCUT2D eigenvalue weighted by molar-refractivity contribution is -0.126. The first-order valence-electron chi connectivity index (χ1n) is 9.87. The minimum Gasteiger partial charge on any atom is -0.465 e. The predicted octanol–water partition coefficient (Wildman–Crippen LogP) is 3.95. The molecule has 0 radical (unpaired) electrons. The molecule has 1 aromatic carbocycles. The molecule has 29 heavy (non-hydrogen) atoms. The van der Waals surface area contributed by atoms with Crippen molar-refractivity contribution in [3.05, 3.63) is 23.4 Å². The van der Waals surface area contributed by atoms with Gasteiger partial charge in [-0.1, -0.05) is 0 Å². The Kier molecular flexibility index (Phi) is 6.36. The molecule has 160 valence electrons. The van der Waals surface area contributed by atoms with Crippen LogP contribution in [0.3, 0.4) is 0 Å². The number of H-pyrrole nitrogens is 1. The van der Waals surface area contributed by atoms with Crippen molar-refractivity contribution in [2.24, 2.45) is 0 Å². The van der Waals surface area contributed by atoms with Crippen LogP contribution in [-0.2, 0) is 4.74 Å². The maximum Gasteiger partial charge on any atom is 0.401 e. The molecule has 0 unspecified atom stereocenters. The normalized spacial score (nSPS) is 20.1. The van der Waals surface area contributed by atoms with Crippen LogP contribution in [0, 0.1) is 6.92 Å². The number of nitrogens with zero attached hydrogens (tertiary/aromatic N) is 2. The summed E-state index contributed by atoms with van der Waals surface area (Å²) >= 11 is 0. The number of carbonyl (C=O) groups is 1. The zero-order chi connectivity index (χ0) is 21.2. The Balaban J connectivity index is 1.84. The third-order valence-corrected chi connectivity index (χ3v) is 5.73. The molecule has 0 aliphatic heterocycles. The third-order valence-electron chi connectivity index (χ3n) is 5.73. The lowest BCUT2D eigenvalue weighted by Gasteiger charge is -2.39. The largest absolute Gasteiger partial charge is 0.465 e. The summed E-state index contributed by atoms with van der Waals surface area (Å²) in [6.45, 7) is 3.71. The number of ether oxygens (including phenoxy) is 1. The number of nitrogens with one attached hydrogen (secondary N) is 2. The van der Waals surface area contributed by atoms with Crippen molar-refractivity contribution in [2.75, 3.05) is 25.1 Å². The summed E-state index contributed by atoms with van der Waals surface area (Å²) in [5, 5.41) is 10.6. The SMILES string of the molecule is CCN(c1c(C)c(C(=O)OC)cc2[nH]ncc12)C1CCC(NCC(F)(F)F)CC1. The number of methoxy groups -OCH3 is 1. The van der Waals surface area contributed by atoms with E-state index in [1.54, 1.807) is 12.3 Å². The number of aromatic amines is 1. The van der Waals surface area contributed by atoms with E-state index in [1.807, 2.05) is 13.8 Å². The summed E-state index contributed by atoms with van der Waals surface area (Å²) in [4.78, 5) is 14.5. The number of hydrogen-bond acceptors (Lipinski definition) is 5. The number of carbonyl (C=O) groups excluding carboxylic acids is 1. The molecule has 9 heteroatoms. The number of anilines is 1. The molecule has 1 heterocycles. The molecule has 3 rings (SSSR count). The number of benzene rings is 1. The number of halogens is 3. The van der Waals surface area contributed by atoms with E-state index in [0.717, 1.165) is 41.5 Å². The fourth-order valence-electron chi connectivity index (χ4n) is 4.32. The van der Waals surface area contributed by atoms with Crippen molar-refractivity contribution < 1.29 is 22.7 Å². The van der Waals surface area contributed by atoms with Crippen molar-refractivity contribution in [1.29, 1.82) is 0 Å². The van der Waals surface area contributed by atoms with Gasteiger partial charge in [-0.25, -0.2) is 4.79 Å². The van der Waals surface area contributed by atoms with Gasteiger partial charge < -0.3 is 15.0 Å². The predicted molar refractivity (Wildman–Crippen MR) is 105 cm³/mol. The molecule has 0 bridgehead atoms. The van der Waals surface area contributed by atoms with Crippen LogP contribution in [0.4, 0.5) is 18.9 Å². The molecule has 1 aliphatic rings. The number of fused-ring (bicyclic) bond motifs is 1. The highest BCUT2D eigenvalue weighted by molar-refractivity contribution is 6.02. The topological polar surface area (TPSA) is 70.2 Å². The zero-order valence-corrected chi connectivity index (χ0v) is 16.9. The molecule has 1 aromatic heterocycles. The summed E-state index contributed by atoms with van der Waals surface area (Å²) in [7, 11) is 1.35. The smallest absolute Gasteiger partial charge is 0.401 e. The monoisotopic (exact) mass is 412 g/mol. The quantitative estimate of drug-likeness (QED) is 0.703. The minimum atomic E-state index is -4.19. The van der Waals surface area contributed by atoms with Crippen molar-refractivity contribution in [3.8, 4) is 0 Å². The van der Waals surface area contributed by atoms with Gasteiger partial charge in [-0.3, -0.25) is 5.10 Å². The van der Waals surface area contributed by atoms with Gasteiger partial charge in [0.2, 0.25) is 0 Å². The van der Waals surface area contributed by atoms with E-state index in [1.165, 1.54) is 7.11 Å². The molecule has 2 N–H and O–H groups in total. The Morgan fingerprint density at radius 2 is 2.03 bits per heavy atom. The van der Waals surface area contributed by atoms with Crippen molar-refractivity contribution in [3.63, 3.8) is 0 Å². The Morgan fingerprint density at radius 1 is 1.34 bits per heavy atom. The second kappa shape index (κ2) is 8.61. The summed E-state index contributed by atoms with van der Waals surface area (Å²) in [5.41, 5.74) is 3.00. The number of rotatable bonds is 6. The van der Waals surface area contributed by atoms with Crippen molar-refractivity contribution >= 4 is 22.6 Å². The molecular formula is C20H27F3N4O2. The molecule has 0 atom stereocenters. The maximum atomic E-state index is 12.5. The summed E-state index contributed by atoms with van der Waals surface area (Å²) < 4.78 is 42.3. The summed E-state index contributed by atoms with van der Waals surface area (Å²) in [6.07, 6.45) is 0.487. The van der Waals surface area contributed by atoms with Gasteiger partial charge in [0.15, 0.2) is 0 Å². The van der Waals surface area contributed by atoms with Gasteiger partial charge in [0.1, 0.15) is 0 Å². The highest BCUT2D eigenvalue weighted by atomic mass is 19.4. The molecule has 1 fully saturated rings. The number of hydrogen-bond donors (Lipinski definition) is 2. The highest BCUT2D eigenvalue weighted by Gasteiger charge is 2.32. The minimum absolute atomic E-state index is 0.122. The molecule has 1 aliphatic carbocycles. The average molecular weight is 412 g/mol. The van der Waals surface area contributed by atoms with E-state index in [4.69, 9.17) is 4.74 Å². The molecule has 6 nitrogen and oxygen atoms in total. The lowest BCUT2D eigenvalue weighted by Crippen LogP contribution is -2.44. The van der Waals surface area contributed by atoms with Crippen LogP contribution in [0.1, 0.15) is 48.5 Å². The third kappa shape index (κ3) is 4.66. The fourth-order valence-corrected chi connectivity index (χ4v) is 4.32. The van der Waals surface area contributed by atoms with E-state index < -0.39 is 18.7 Å². The Hall–Kier alpha value is -2.29. The van der Waals surface area contributed by atoms with E-state index >= 15 is 0 Å². The standard InChI is InChI=1S/C20H27F3N4O2/c1-4-27(14-7-5-13(6-8-14)24-11-20(21,22)23)18-12(2)15(19(28)29-3)9-17-16(18)10-25-26-17/h9-10,13-14,24H,4-8,11H2,1-3H3,(H,25,26). The Morgan fingerprint density at radius 3 is 2.62 bits per heavy atom. The molecule has 0 saturated heterocycles. The fraction of sp³-hybridized carbons (Fsp3) is 0.600. The maximum absolute atomic E-state index is 12.5. The van der Waals surface area contributed by atoms with Gasteiger partial charge in [0.25, 0.3) is 0 Å². The van der Waals surface area contributed by atoms with E-state index in [2.05, 4.69) is 20.4 Å². The molecule has 1 saturated carbocycles. The van der Waals surface area contributed by atoms with Crippen LogP contribution < -0.4 is 10.2 Å². The first-order chi connectivity index (χ1) is 13.7. The van der Waals surface area contributed by atoms with Crippen LogP contribution in [-0.4, -0.2) is 54.6 Å². The van der Waals surface area contributed by atoms with Gasteiger partial charge in [-0.05, 0) is 51.2 Å². The first kappa shape index (κ1) is 21.4. The lowest BCUT2D eigenvalue weighted by atomic mass is 9.89. The molecular weight excluding hydrogens is 385 g/mol. The Bertz CT molecular complexity index is 857. The van der Waals surface area contributed by atoms with Gasteiger partial charge >= 0.3 is 12.1 Å². The number of alkyl halides is 3. The summed E-state index contributed by atoms with van der Waals surface area (Å²) in [5.74, 6) is -0.406. The van der Waals surface area contributed by atoms with Crippen molar-refractivity contribution in [1.82, 2.24) is 15.5 Å². The molecule has 2 aromatic rings. The van der Waals surface area contributed by atoms with Crippen LogP contribution in [0.25, 0.3) is 10.9 Å². The second-order valence-electron chi connectivity index (χ2n) is 7.51. The van der Waals surface area contributed by atoms with Crippen LogP contribution >= 0.6 is 0 Å². The number of esters is 1. The van der Waals surface area contributed by atoms with Gasteiger partial charge in [0, 0.05) is 24.0 Å². The molecule has 0 amide bonds. The van der Waals surface area contributed by atoms with Gasteiger partial charge in [-0.15, -0.1) is 0 Å². The zero-order valence-electron chi connectivity index (χ0n) is 16.9. The number of aromatic nitrogens is 2. The van der Waals surface area contributed by atoms with E-state index in [-0.39, 0.29) is 12.1 Å². The van der Waals surface area contributed by atoms with Crippen LogP contribution in [0.15, 0.2) is 12.3 Å². The van der Waals surface area contributed by atoms with Crippen molar-refractivity contribution in [2.45, 2.75) is 57.8 Å². The average Bonchev–Trinajstić information content (AvgIpc) is 3.16. The highest BCUT2D eigenvalue weighted by Crippen LogP contribution is 2.36. The van der Waals surface area contributed by atoms with E-state index in [0.29, 0.717) is 18.4 Å². The second-order valence-corrected chi connectivity index (χ2v) is 7.51. The van der Waals surface area contributed by atoms with Crippen LogP contribution in [0.2, 0.25) is 0 Å². The van der Waals surface area contributed by atoms with Gasteiger partial charge in [0.05, 0.1) is 36.6 Å². The molecule has 0 spiro atoms. The van der Waals surface area contributed by atoms with Gasteiger partial charge in [-0.2, -0.15) is 18.3 Å². The Labute approximate surface area is 167 Å².